The Labute approximate surface area is 310 Å². The summed E-state index contributed by atoms with van der Waals surface area (Å²) in [6, 6.07) is 19.3. The van der Waals surface area contributed by atoms with Crippen molar-refractivity contribution in [3.8, 4) is 28.7 Å². The molecule has 2 aliphatic carbocycles. The van der Waals surface area contributed by atoms with Gasteiger partial charge in [0.05, 0.1) is 5.56 Å². The number of fused-ring (bicyclic) bond motifs is 5. The highest BCUT2D eigenvalue weighted by molar-refractivity contribution is 6.30. The fourth-order valence-corrected chi connectivity index (χ4v) is 7.73. The Bertz CT molecular complexity index is 2740. The molecule has 1 heterocycles. The van der Waals surface area contributed by atoms with Crippen LogP contribution in [0.4, 0.5) is 0 Å². The van der Waals surface area contributed by atoms with Crippen molar-refractivity contribution in [2.24, 2.45) is 0 Å². The fourth-order valence-electron chi connectivity index (χ4n) is 7.73. The van der Waals surface area contributed by atoms with Crippen LogP contribution in [0.5, 0.6) is 28.7 Å². The fraction of sp³-hybridized carbons (Fsp3) is 0.0909. The molecule has 8 rings (SSSR count). The lowest BCUT2D eigenvalue weighted by molar-refractivity contribution is 0.294. The van der Waals surface area contributed by atoms with E-state index in [0.29, 0.717) is 22.1 Å². The largest absolute Gasteiger partial charge is 0.504 e. The first-order chi connectivity index (χ1) is 25.9. The first kappa shape index (κ1) is 34.2. The molecule has 0 atom stereocenters. The van der Waals surface area contributed by atoms with Gasteiger partial charge in [0.15, 0.2) is 23.0 Å². The molecule has 0 saturated carbocycles. The topological polar surface area (TPSA) is 175 Å². The highest BCUT2D eigenvalue weighted by Crippen LogP contribution is 2.55. The lowest BCUT2D eigenvalue weighted by Crippen LogP contribution is -2.02. The summed E-state index contributed by atoms with van der Waals surface area (Å²) in [5, 5.41) is 89.9. The first-order valence-corrected chi connectivity index (χ1v) is 17.1. The van der Waals surface area contributed by atoms with E-state index in [2.05, 4.69) is 24.3 Å². The Balaban J connectivity index is 1.35. The molecule has 2 radical (unpaired) electrons. The van der Waals surface area contributed by atoms with Gasteiger partial charge in [-0.15, -0.1) is 5.47 Å². The molecule has 10 heteroatoms. The summed E-state index contributed by atoms with van der Waals surface area (Å²) in [7, 11) is 6.71. The van der Waals surface area contributed by atoms with E-state index < -0.39 is 63.6 Å². The first-order valence-electron chi connectivity index (χ1n) is 17.1. The molecule has 2 aliphatic rings. The van der Waals surface area contributed by atoms with Gasteiger partial charge in [0.1, 0.15) is 19.2 Å². The molecule has 0 amide bonds. The monoisotopic (exact) mass is 716 g/mol. The maximum Gasteiger partial charge on any atom is 0.208 e. The molecule has 9 nitrogen and oxygen atoms in total. The average Bonchev–Trinajstić information content (AvgIpc) is 3.28. The number of aromatic hydroxyl groups is 5. The quantitative estimate of drug-likeness (QED) is 0.0382. The van der Waals surface area contributed by atoms with E-state index in [1.165, 1.54) is 5.56 Å². The molecule has 1 aromatic heterocycles. The minimum atomic E-state index is -1.20. The van der Waals surface area contributed by atoms with Crippen LogP contribution in [0.2, 0.25) is 0 Å². The number of phenolic OH excluding ortho intramolecular Hbond substituents is 5. The molecule has 0 spiro atoms. The van der Waals surface area contributed by atoms with Crippen molar-refractivity contribution < 1.29 is 45.3 Å². The van der Waals surface area contributed by atoms with Gasteiger partial charge in [0.2, 0.25) is 23.0 Å². The molecule has 8 N–H and O–H groups in total. The summed E-state index contributed by atoms with van der Waals surface area (Å²) in [6.45, 7) is 4.04. The maximum absolute atomic E-state index is 11.7. The van der Waals surface area contributed by atoms with Gasteiger partial charge in [-0.3, -0.25) is 0 Å². The minimum Gasteiger partial charge on any atom is -0.504 e. The third-order valence-electron chi connectivity index (χ3n) is 10.4. The van der Waals surface area contributed by atoms with Crippen LogP contribution in [0, 0.1) is 6.92 Å². The molecule has 0 aliphatic heterocycles. The van der Waals surface area contributed by atoms with Gasteiger partial charge in [-0.2, -0.15) is 0 Å². The highest BCUT2D eigenvalue weighted by atomic mass is 16.4. The molecular formula is C44H33BO9. The van der Waals surface area contributed by atoms with Crippen molar-refractivity contribution in [2.75, 3.05) is 0 Å². The van der Waals surface area contributed by atoms with E-state index in [-0.39, 0.29) is 11.0 Å². The van der Waals surface area contributed by atoms with Gasteiger partial charge in [0, 0.05) is 33.2 Å². The van der Waals surface area contributed by atoms with Gasteiger partial charge >= 0.3 is 0 Å². The molecule has 0 bridgehead atoms. The number of benzene rings is 5. The Hall–Kier alpha value is -6.94. The Morgan fingerprint density at radius 3 is 1.89 bits per heavy atom. The number of aliphatic hydroxyl groups is 3. The summed E-state index contributed by atoms with van der Waals surface area (Å²) in [4.78, 5) is 0. The summed E-state index contributed by atoms with van der Waals surface area (Å²) >= 11 is 0. The average molecular weight is 717 g/mol. The van der Waals surface area contributed by atoms with Crippen LogP contribution < -0.4 is 0 Å². The molecule has 0 fully saturated rings. The number of hydrogen-bond acceptors (Lipinski definition) is 9. The Morgan fingerprint density at radius 2 is 1.26 bits per heavy atom. The van der Waals surface area contributed by atoms with Gasteiger partial charge < -0.3 is 45.3 Å². The van der Waals surface area contributed by atoms with E-state index in [1.54, 1.807) is 0 Å². The van der Waals surface area contributed by atoms with Crippen LogP contribution in [0.25, 0.3) is 61.4 Å². The Morgan fingerprint density at radius 1 is 0.667 bits per heavy atom. The van der Waals surface area contributed by atoms with Crippen molar-refractivity contribution in [2.45, 2.75) is 26.7 Å². The zero-order chi connectivity index (χ0) is 38.2. The number of aliphatic hydroxyl groups excluding tert-OH is 3. The Kier molecular flexibility index (Phi) is 7.99. The van der Waals surface area contributed by atoms with Crippen molar-refractivity contribution >= 4 is 69.2 Å². The lowest BCUT2D eigenvalue weighted by atomic mass is 9.78. The van der Waals surface area contributed by atoms with Crippen LogP contribution in [0.15, 0.2) is 106 Å². The van der Waals surface area contributed by atoms with E-state index in [1.807, 2.05) is 80.6 Å². The maximum atomic E-state index is 11.7. The van der Waals surface area contributed by atoms with Crippen LogP contribution in [-0.4, -0.2) is 48.7 Å². The second kappa shape index (κ2) is 12.6. The second-order valence-electron chi connectivity index (χ2n) is 13.5. The van der Waals surface area contributed by atoms with E-state index >= 15 is 0 Å². The standard InChI is InChI=1S/C44H33BO9/c1-20(18-31-21(2)23-17-16-22-10-4-3-5-11-24(22)44(23)54-31)32-25-12-6-8-14-27(25)33(28-15-9-7-13-26(28)32)35-30(45)19-29(36(46)40(50)39(35)49)34-37(47)41(51)43(53)42(52)38(34)48/h3-9,11-18,46-53H,10,19H2,1-2H3/b20-18+. The smallest absolute Gasteiger partial charge is 0.208 e. The predicted molar refractivity (Wildman–Crippen MR) is 212 cm³/mol. The molecular weight excluding hydrogens is 683 g/mol. The number of allylic oxidation sites excluding steroid dienone is 7. The van der Waals surface area contributed by atoms with Crippen molar-refractivity contribution in [1.29, 1.82) is 0 Å². The van der Waals surface area contributed by atoms with E-state index in [4.69, 9.17) is 12.3 Å². The number of hydrogen-bond donors (Lipinski definition) is 8. The third kappa shape index (κ3) is 5.02. The van der Waals surface area contributed by atoms with Crippen molar-refractivity contribution in [3.63, 3.8) is 0 Å². The van der Waals surface area contributed by atoms with E-state index in [0.717, 1.165) is 50.4 Å². The van der Waals surface area contributed by atoms with Gasteiger partial charge in [0.25, 0.3) is 0 Å². The van der Waals surface area contributed by atoms with Crippen LogP contribution in [0.1, 0.15) is 52.5 Å². The number of rotatable bonds is 4. The second-order valence-corrected chi connectivity index (χ2v) is 13.5. The molecule has 6 aromatic rings. The summed E-state index contributed by atoms with van der Waals surface area (Å²) in [5.41, 5.74) is 4.99. The molecule has 0 unspecified atom stereocenters. The number of aryl methyl sites for hydroxylation is 1. The number of phenols is 5. The van der Waals surface area contributed by atoms with E-state index in [9.17, 15) is 40.9 Å². The summed E-state index contributed by atoms with van der Waals surface area (Å²) in [5.74, 6) is -7.86. The molecule has 54 heavy (non-hydrogen) atoms. The SMILES string of the molecule is [B]C1=C(c2c3ccccc3c(/C(C)=C/c3oc4c5c(ccc4c3C)CC=CC=C5)c3ccccc23)C(O)=C(O)C(O)=C(c2c(O)c(O)c(O)c(O)c2O)C1. The lowest BCUT2D eigenvalue weighted by Gasteiger charge is -2.21. The van der Waals surface area contributed by atoms with Crippen LogP contribution >= 0.6 is 0 Å². The third-order valence-corrected chi connectivity index (χ3v) is 10.4. The van der Waals surface area contributed by atoms with Crippen molar-refractivity contribution in [3.05, 3.63) is 141 Å². The normalized spacial score (nSPS) is 15.1. The summed E-state index contributed by atoms with van der Waals surface area (Å²) < 4.78 is 6.58. The molecule has 0 saturated heterocycles. The summed E-state index contributed by atoms with van der Waals surface area (Å²) in [6.07, 6.45) is 10.6. The van der Waals surface area contributed by atoms with Crippen molar-refractivity contribution in [1.82, 2.24) is 0 Å². The molecule has 266 valence electrons. The van der Waals surface area contributed by atoms with Gasteiger partial charge in [-0.05, 0) is 71.0 Å². The zero-order valence-corrected chi connectivity index (χ0v) is 29.1. The minimum absolute atomic E-state index is 0.0304. The highest BCUT2D eigenvalue weighted by Gasteiger charge is 2.33. The molecule has 5 aromatic carbocycles. The van der Waals surface area contributed by atoms with Crippen LogP contribution in [0.3, 0.4) is 0 Å². The zero-order valence-electron chi connectivity index (χ0n) is 29.1. The van der Waals surface area contributed by atoms with Crippen LogP contribution in [-0.2, 0) is 6.42 Å². The van der Waals surface area contributed by atoms with Gasteiger partial charge in [-0.1, -0.05) is 85.0 Å². The predicted octanol–water partition coefficient (Wildman–Crippen LogP) is 9.84. The van der Waals surface area contributed by atoms with Gasteiger partial charge in [-0.25, -0.2) is 0 Å². The number of furan rings is 1.